The van der Waals surface area contributed by atoms with Crippen LogP contribution in [0.25, 0.3) is 0 Å². The van der Waals surface area contributed by atoms with Crippen molar-refractivity contribution in [2.45, 2.75) is 71.6 Å². The monoisotopic (exact) mass is 207 g/mol. The Morgan fingerprint density at radius 3 is 2.13 bits per heavy atom. The van der Waals surface area contributed by atoms with Crippen LogP contribution in [0.1, 0.15) is 71.6 Å². The topological polar surface area (TPSA) is 0 Å². The molecule has 0 spiro atoms. The zero-order chi connectivity index (χ0) is 10.7. The van der Waals surface area contributed by atoms with E-state index in [4.69, 9.17) is 0 Å². The molecule has 0 nitrogen and oxygen atoms in total. The summed E-state index contributed by atoms with van der Waals surface area (Å²) in [7, 11) is 0. The van der Waals surface area contributed by atoms with E-state index in [1.165, 1.54) is 57.8 Å². The standard InChI is InChI=1S/C15H27/c1-3-12-7-5-9-14(10-6-8-12)15-11-13(15)4-2/h12-13,15H,3-11H2,1-2H3. The molecule has 0 aliphatic heterocycles. The first kappa shape index (κ1) is 11.5. The van der Waals surface area contributed by atoms with Gasteiger partial charge in [0.15, 0.2) is 0 Å². The van der Waals surface area contributed by atoms with Crippen molar-refractivity contribution < 1.29 is 0 Å². The van der Waals surface area contributed by atoms with Crippen molar-refractivity contribution in [1.82, 2.24) is 0 Å². The van der Waals surface area contributed by atoms with Gasteiger partial charge in [0.25, 0.3) is 0 Å². The number of hydrogen-bond acceptors (Lipinski definition) is 0. The highest BCUT2D eigenvalue weighted by molar-refractivity contribution is 5.08. The Kier molecular flexibility index (Phi) is 4.11. The summed E-state index contributed by atoms with van der Waals surface area (Å²) in [5.41, 5.74) is 0. The van der Waals surface area contributed by atoms with Gasteiger partial charge in [0, 0.05) is 0 Å². The third-order valence-corrected chi connectivity index (χ3v) is 4.77. The summed E-state index contributed by atoms with van der Waals surface area (Å²) >= 11 is 0. The van der Waals surface area contributed by atoms with Crippen molar-refractivity contribution in [2.24, 2.45) is 17.8 Å². The molecule has 0 aromatic carbocycles. The Bertz CT molecular complexity index is 174. The predicted molar refractivity (Wildman–Crippen MR) is 66.6 cm³/mol. The van der Waals surface area contributed by atoms with Crippen LogP contribution >= 0.6 is 0 Å². The van der Waals surface area contributed by atoms with Crippen molar-refractivity contribution in [2.75, 3.05) is 0 Å². The van der Waals surface area contributed by atoms with Crippen LogP contribution in [0.2, 0.25) is 0 Å². The number of rotatable bonds is 3. The quantitative estimate of drug-likeness (QED) is 0.612. The van der Waals surface area contributed by atoms with Crippen LogP contribution < -0.4 is 0 Å². The molecule has 0 heterocycles. The Balaban J connectivity index is 1.75. The van der Waals surface area contributed by atoms with Gasteiger partial charge in [0.1, 0.15) is 0 Å². The molecule has 0 saturated heterocycles. The van der Waals surface area contributed by atoms with Crippen LogP contribution in [0.4, 0.5) is 0 Å². The van der Waals surface area contributed by atoms with E-state index in [0.29, 0.717) is 0 Å². The second-order valence-corrected chi connectivity index (χ2v) is 5.73. The summed E-state index contributed by atoms with van der Waals surface area (Å²) in [5, 5.41) is 0. The second kappa shape index (κ2) is 5.37. The summed E-state index contributed by atoms with van der Waals surface area (Å²) in [6.07, 6.45) is 13.3. The minimum Gasteiger partial charge on any atom is -0.0651 e. The maximum Gasteiger partial charge on any atom is -0.0207 e. The molecule has 2 fully saturated rings. The van der Waals surface area contributed by atoms with E-state index < -0.39 is 0 Å². The minimum absolute atomic E-state index is 1.05. The normalized spacial score (nSPS) is 34.8. The van der Waals surface area contributed by atoms with Crippen LogP contribution in [0.15, 0.2) is 0 Å². The second-order valence-electron chi connectivity index (χ2n) is 5.73. The van der Waals surface area contributed by atoms with Crippen molar-refractivity contribution in [3.8, 4) is 0 Å². The zero-order valence-electron chi connectivity index (χ0n) is 10.6. The summed E-state index contributed by atoms with van der Waals surface area (Å²) in [6, 6.07) is 0. The molecule has 2 aliphatic rings. The molecule has 2 atom stereocenters. The number of hydrogen-bond donors (Lipinski definition) is 0. The molecule has 15 heavy (non-hydrogen) atoms. The van der Waals surface area contributed by atoms with Crippen molar-refractivity contribution in [3.63, 3.8) is 0 Å². The van der Waals surface area contributed by atoms with Crippen LogP contribution in [0, 0.1) is 23.7 Å². The van der Waals surface area contributed by atoms with Crippen LogP contribution in [-0.2, 0) is 0 Å². The summed E-state index contributed by atoms with van der Waals surface area (Å²) < 4.78 is 0. The van der Waals surface area contributed by atoms with Gasteiger partial charge in [-0.25, -0.2) is 0 Å². The van der Waals surface area contributed by atoms with Gasteiger partial charge in [-0.1, -0.05) is 52.4 Å². The molecule has 2 unspecified atom stereocenters. The molecule has 2 saturated carbocycles. The Morgan fingerprint density at radius 1 is 1.00 bits per heavy atom. The van der Waals surface area contributed by atoms with Crippen molar-refractivity contribution >= 4 is 0 Å². The fourth-order valence-electron chi connectivity index (χ4n) is 3.48. The van der Waals surface area contributed by atoms with E-state index in [1.54, 1.807) is 0 Å². The van der Waals surface area contributed by atoms with Crippen molar-refractivity contribution in [1.29, 1.82) is 0 Å². The summed E-state index contributed by atoms with van der Waals surface area (Å²) in [6.45, 7) is 4.73. The van der Waals surface area contributed by atoms with Crippen LogP contribution in [0.3, 0.4) is 0 Å². The summed E-state index contributed by atoms with van der Waals surface area (Å²) in [5.74, 6) is 5.15. The minimum atomic E-state index is 1.05. The zero-order valence-corrected chi connectivity index (χ0v) is 10.6. The molecule has 87 valence electrons. The lowest BCUT2D eigenvalue weighted by Gasteiger charge is -2.23. The first-order valence-electron chi connectivity index (χ1n) is 7.19. The molecule has 0 bridgehead atoms. The largest absolute Gasteiger partial charge is 0.0651 e. The molecule has 2 aliphatic carbocycles. The fraction of sp³-hybridized carbons (Fsp3) is 0.933. The maximum absolute atomic E-state index is 2.37. The van der Waals surface area contributed by atoms with E-state index >= 15 is 0 Å². The predicted octanol–water partition coefficient (Wildman–Crippen LogP) is 4.99. The lowest BCUT2D eigenvalue weighted by molar-refractivity contribution is 0.368. The highest BCUT2D eigenvalue weighted by atomic mass is 14.5. The van der Waals surface area contributed by atoms with E-state index in [-0.39, 0.29) is 0 Å². The molecule has 0 aromatic rings. The van der Waals surface area contributed by atoms with Gasteiger partial charge in [-0.2, -0.15) is 0 Å². The van der Waals surface area contributed by atoms with E-state index in [1.807, 2.05) is 5.92 Å². The smallest absolute Gasteiger partial charge is 0.0207 e. The van der Waals surface area contributed by atoms with Gasteiger partial charge in [0.2, 0.25) is 0 Å². The maximum atomic E-state index is 2.37. The average molecular weight is 207 g/mol. The third-order valence-electron chi connectivity index (χ3n) is 4.77. The molecule has 0 heteroatoms. The Hall–Kier alpha value is 0. The molecular weight excluding hydrogens is 180 g/mol. The van der Waals surface area contributed by atoms with Gasteiger partial charge in [0.05, 0.1) is 0 Å². The average Bonchev–Trinajstić information content (AvgIpc) is 2.97. The van der Waals surface area contributed by atoms with Crippen LogP contribution in [0.5, 0.6) is 0 Å². The molecule has 2 rings (SSSR count). The van der Waals surface area contributed by atoms with E-state index in [9.17, 15) is 0 Å². The first-order chi connectivity index (χ1) is 7.35. The highest BCUT2D eigenvalue weighted by Gasteiger charge is 2.41. The van der Waals surface area contributed by atoms with E-state index in [2.05, 4.69) is 13.8 Å². The Morgan fingerprint density at radius 2 is 1.67 bits per heavy atom. The lowest BCUT2D eigenvalue weighted by atomic mass is 9.82. The van der Waals surface area contributed by atoms with Gasteiger partial charge >= 0.3 is 0 Å². The van der Waals surface area contributed by atoms with Gasteiger partial charge in [-0.15, -0.1) is 0 Å². The molecule has 0 N–H and O–H groups in total. The van der Waals surface area contributed by atoms with Gasteiger partial charge < -0.3 is 0 Å². The van der Waals surface area contributed by atoms with Gasteiger partial charge in [-0.3, -0.25) is 0 Å². The fourth-order valence-corrected chi connectivity index (χ4v) is 3.48. The van der Waals surface area contributed by atoms with Crippen molar-refractivity contribution in [3.05, 3.63) is 5.92 Å². The summed E-state index contributed by atoms with van der Waals surface area (Å²) in [4.78, 5) is 0. The highest BCUT2D eigenvalue weighted by Crippen LogP contribution is 2.51. The Labute approximate surface area is 95.8 Å². The molecular formula is C15H27. The van der Waals surface area contributed by atoms with Crippen LogP contribution in [-0.4, -0.2) is 0 Å². The molecule has 0 amide bonds. The molecule has 1 radical (unpaired) electrons. The van der Waals surface area contributed by atoms with E-state index in [0.717, 1.165) is 17.8 Å². The lowest BCUT2D eigenvalue weighted by Crippen LogP contribution is -2.09. The first-order valence-corrected chi connectivity index (χ1v) is 7.19. The SMILES string of the molecule is CCC1CCC[C](C2CC2CC)CCC1. The third kappa shape index (κ3) is 2.98. The molecule has 0 aromatic heterocycles. The van der Waals surface area contributed by atoms with Gasteiger partial charge in [-0.05, 0) is 42.9 Å².